The van der Waals surface area contributed by atoms with Crippen molar-refractivity contribution in [3.05, 3.63) is 46.7 Å². The highest BCUT2D eigenvalue weighted by Gasteiger charge is 2.18. The van der Waals surface area contributed by atoms with Crippen molar-refractivity contribution in [2.24, 2.45) is 0 Å². The Kier molecular flexibility index (Phi) is 3.97. The average molecular weight is 304 g/mol. The molecule has 21 heavy (non-hydrogen) atoms. The fourth-order valence-electron chi connectivity index (χ4n) is 2.81. The third-order valence-corrected chi connectivity index (χ3v) is 4.35. The van der Waals surface area contributed by atoms with E-state index in [2.05, 4.69) is 5.10 Å². The fraction of sp³-hybridized carbons (Fsp3) is 0.375. The molecule has 0 bridgehead atoms. The van der Waals surface area contributed by atoms with Crippen LogP contribution in [0.5, 0.6) is 0 Å². The highest BCUT2D eigenvalue weighted by Crippen LogP contribution is 2.28. The Labute approximate surface area is 128 Å². The number of carbonyl (C=O) groups is 1. The van der Waals surface area contributed by atoms with Gasteiger partial charge in [-0.1, -0.05) is 24.4 Å². The van der Waals surface area contributed by atoms with E-state index in [9.17, 15) is 4.79 Å². The van der Waals surface area contributed by atoms with Gasteiger partial charge in [0.15, 0.2) is 5.78 Å². The van der Waals surface area contributed by atoms with Gasteiger partial charge in [0.1, 0.15) is 0 Å². The molecule has 0 unspecified atom stereocenters. The van der Waals surface area contributed by atoms with E-state index < -0.39 is 0 Å². The number of anilines is 1. The van der Waals surface area contributed by atoms with Crippen molar-refractivity contribution in [3.63, 3.8) is 0 Å². The molecule has 0 atom stereocenters. The van der Waals surface area contributed by atoms with E-state index in [0.29, 0.717) is 28.7 Å². The minimum Gasteiger partial charge on any atom is -0.398 e. The highest BCUT2D eigenvalue weighted by atomic mass is 35.5. The number of rotatable bonds is 4. The van der Waals surface area contributed by atoms with E-state index >= 15 is 0 Å². The van der Waals surface area contributed by atoms with Gasteiger partial charge in [-0.2, -0.15) is 5.10 Å². The van der Waals surface area contributed by atoms with Crippen LogP contribution in [0.2, 0.25) is 5.02 Å². The number of halogens is 1. The zero-order chi connectivity index (χ0) is 14.8. The molecular formula is C16H18ClN3O. The van der Waals surface area contributed by atoms with E-state index in [1.165, 1.54) is 25.7 Å². The first kappa shape index (κ1) is 14.1. The molecule has 1 saturated carbocycles. The van der Waals surface area contributed by atoms with Crippen molar-refractivity contribution in [1.29, 1.82) is 0 Å². The van der Waals surface area contributed by atoms with Gasteiger partial charge in [-0.05, 0) is 37.1 Å². The second-order valence-corrected chi connectivity index (χ2v) is 5.97. The summed E-state index contributed by atoms with van der Waals surface area (Å²) < 4.78 is 2.01. The van der Waals surface area contributed by atoms with Gasteiger partial charge in [-0.15, -0.1) is 0 Å². The number of nitrogen functional groups attached to an aromatic ring is 1. The molecule has 1 heterocycles. The van der Waals surface area contributed by atoms with Crippen molar-refractivity contribution in [1.82, 2.24) is 9.78 Å². The monoisotopic (exact) mass is 303 g/mol. The maximum Gasteiger partial charge on any atom is 0.168 e. The van der Waals surface area contributed by atoms with Crippen LogP contribution in [0, 0.1) is 0 Å². The molecule has 2 N–H and O–H groups in total. The lowest BCUT2D eigenvalue weighted by molar-refractivity contribution is 0.0991. The van der Waals surface area contributed by atoms with Gasteiger partial charge in [-0.25, -0.2) is 0 Å². The molecule has 1 aliphatic rings. The molecular weight excluding hydrogens is 286 g/mol. The van der Waals surface area contributed by atoms with Crippen LogP contribution in [-0.4, -0.2) is 15.6 Å². The van der Waals surface area contributed by atoms with Crippen LogP contribution in [0.25, 0.3) is 0 Å². The molecule has 110 valence electrons. The van der Waals surface area contributed by atoms with Crippen LogP contribution in [0.3, 0.4) is 0 Å². The van der Waals surface area contributed by atoms with E-state index in [0.717, 1.165) is 5.69 Å². The summed E-state index contributed by atoms with van der Waals surface area (Å²) >= 11 is 5.95. The van der Waals surface area contributed by atoms with Gasteiger partial charge < -0.3 is 5.73 Å². The Morgan fingerprint density at radius 3 is 2.81 bits per heavy atom. The molecule has 1 aromatic carbocycles. The molecule has 1 aliphatic carbocycles. The van der Waals surface area contributed by atoms with Crippen LogP contribution < -0.4 is 5.73 Å². The number of benzene rings is 1. The lowest BCUT2D eigenvalue weighted by Gasteiger charge is -2.08. The lowest BCUT2D eigenvalue weighted by Crippen LogP contribution is -2.08. The molecule has 0 amide bonds. The summed E-state index contributed by atoms with van der Waals surface area (Å²) in [5, 5.41) is 4.95. The number of carbonyl (C=O) groups excluding carboxylic acids is 1. The Hall–Kier alpha value is -1.81. The first-order valence-corrected chi connectivity index (χ1v) is 7.63. The standard InChI is InChI=1S/C16H18ClN3O/c17-14-9-11(5-6-15(14)18)16(21)10-12-7-8-20(19-12)13-3-1-2-4-13/h5-9,13H,1-4,10,18H2. The second kappa shape index (κ2) is 5.90. The summed E-state index contributed by atoms with van der Waals surface area (Å²) in [7, 11) is 0. The van der Waals surface area contributed by atoms with Crippen LogP contribution in [0.4, 0.5) is 5.69 Å². The van der Waals surface area contributed by atoms with Crippen molar-refractivity contribution in [2.75, 3.05) is 5.73 Å². The number of Topliss-reactive ketones (excluding diaryl/α,β-unsaturated/α-hetero) is 1. The Morgan fingerprint density at radius 1 is 1.33 bits per heavy atom. The number of nitrogens with two attached hydrogens (primary N) is 1. The summed E-state index contributed by atoms with van der Waals surface area (Å²) in [5.41, 5.74) is 7.52. The summed E-state index contributed by atoms with van der Waals surface area (Å²) in [6.45, 7) is 0. The Bertz CT molecular complexity index is 659. The summed E-state index contributed by atoms with van der Waals surface area (Å²) in [6.07, 6.45) is 7.17. The molecule has 4 nitrogen and oxygen atoms in total. The summed E-state index contributed by atoms with van der Waals surface area (Å²) in [5.74, 6) is 0.00794. The van der Waals surface area contributed by atoms with Crippen molar-refractivity contribution >= 4 is 23.1 Å². The second-order valence-electron chi connectivity index (χ2n) is 5.56. The third-order valence-electron chi connectivity index (χ3n) is 4.03. The Morgan fingerprint density at radius 2 is 2.10 bits per heavy atom. The molecule has 1 aromatic heterocycles. The number of hydrogen-bond donors (Lipinski definition) is 1. The first-order chi connectivity index (χ1) is 10.1. The zero-order valence-corrected chi connectivity index (χ0v) is 12.5. The average Bonchev–Trinajstić information content (AvgIpc) is 3.12. The maximum atomic E-state index is 12.3. The van der Waals surface area contributed by atoms with Crippen LogP contribution in [0.1, 0.15) is 47.8 Å². The highest BCUT2D eigenvalue weighted by molar-refractivity contribution is 6.33. The summed E-state index contributed by atoms with van der Waals surface area (Å²) in [4.78, 5) is 12.3. The summed E-state index contributed by atoms with van der Waals surface area (Å²) in [6, 6.07) is 7.41. The van der Waals surface area contributed by atoms with E-state index in [-0.39, 0.29) is 5.78 Å². The predicted molar refractivity (Wildman–Crippen MR) is 83.6 cm³/mol. The topological polar surface area (TPSA) is 60.9 Å². The SMILES string of the molecule is Nc1ccc(C(=O)Cc2ccn(C3CCCC3)n2)cc1Cl. The number of aromatic nitrogens is 2. The van der Waals surface area contributed by atoms with Crippen LogP contribution in [0.15, 0.2) is 30.5 Å². The van der Waals surface area contributed by atoms with Gasteiger partial charge >= 0.3 is 0 Å². The maximum absolute atomic E-state index is 12.3. The largest absolute Gasteiger partial charge is 0.398 e. The van der Waals surface area contributed by atoms with Crippen LogP contribution in [-0.2, 0) is 6.42 Å². The Balaban J connectivity index is 1.70. The van der Waals surface area contributed by atoms with Gasteiger partial charge in [0, 0.05) is 11.8 Å². The van der Waals surface area contributed by atoms with E-state index in [1.807, 2.05) is 16.9 Å². The minimum absolute atomic E-state index is 0.00794. The molecule has 5 heteroatoms. The number of ketones is 1. The van der Waals surface area contributed by atoms with Crippen molar-refractivity contribution in [3.8, 4) is 0 Å². The van der Waals surface area contributed by atoms with E-state index in [1.54, 1.807) is 18.2 Å². The van der Waals surface area contributed by atoms with Gasteiger partial charge in [0.05, 0.1) is 28.9 Å². The molecule has 0 saturated heterocycles. The quantitative estimate of drug-likeness (QED) is 0.692. The molecule has 0 spiro atoms. The lowest BCUT2D eigenvalue weighted by atomic mass is 10.1. The van der Waals surface area contributed by atoms with Crippen LogP contribution >= 0.6 is 11.6 Å². The van der Waals surface area contributed by atoms with Gasteiger partial charge in [0.25, 0.3) is 0 Å². The molecule has 2 aromatic rings. The number of nitrogens with zero attached hydrogens (tertiary/aromatic N) is 2. The first-order valence-electron chi connectivity index (χ1n) is 7.26. The molecule has 1 fully saturated rings. The molecule has 0 aliphatic heterocycles. The minimum atomic E-state index is 0.00794. The van der Waals surface area contributed by atoms with Crippen molar-refractivity contribution in [2.45, 2.75) is 38.1 Å². The fourth-order valence-corrected chi connectivity index (χ4v) is 2.99. The van der Waals surface area contributed by atoms with Crippen molar-refractivity contribution < 1.29 is 4.79 Å². The molecule has 3 rings (SSSR count). The van der Waals surface area contributed by atoms with Gasteiger partial charge in [-0.3, -0.25) is 9.48 Å². The third kappa shape index (κ3) is 3.10. The normalized spacial score (nSPS) is 15.5. The predicted octanol–water partition coefficient (Wildman–Crippen LogP) is 3.66. The zero-order valence-electron chi connectivity index (χ0n) is 11.8. The molecule has 0 radical (unpaired) electrons. The van der Waals surface area contributed by atoms with E-state index in [4.69, 9.17) is 17.3 Å². The van der Waals surface area contributed by atoms with Gasteiger partial charge in [0.2, 0.25) is 0 Å². The number of hydrogen-bond acceptors (Lipinski definition) is 3. The smallest absolute Gasteiger partial charge is 0.168 e.